The zero-order valence-corrected chi connectivity index (χ0v) is 15.6. The number of para-hydroxylation sites is 1. The van der Waals surface area contributed by atoms with Crippen LogP contribution < -0.4 is 21.1 Å². The molecule has 142 valence electrons. The second kappa shape index (κ2) is 9.07. The Morgan fingerprint density at radius 1 is 1.22 bits per heavy atom. The van der Waals surface area contributed by atoms with Crippen LogP contribution in [-0.4, -0.2) is 18.5 Å². The first-order valence-electron chi connectivity index (χ1n) is 9.32. The molecule has 1 unspecified atom stereocenters. The minimum absolute atomic E-state index is 0.0356. The van der Waals surface area contributed by atoms with E-state index in [1.165, 1.54) is 0 Å². The third kappa shape index (κ3) is 5.23. The molecule has 0 fully saturated rings. The van der Waals surface area contributed by atoms with Crippen molar-refractivity contribution in [2.24, 2.45) is 10.7 Å². The van der Waals surface area contributed by atoms with Gasteiger partial charge in [-0.1, -0.05) is 37.3 Å². The number of fused-ring (bicyclic) bond motifs is 1. The Bertz CT molecular complexity index is 802. The first-order chi connectivity index (χ1) is 13.2. The Labute approximate surface area is 159 Å². The average Bonchev–Trinajstić information content (AvgIpc) is 2.68. The van der Waals surface area contributed by atoms with E-state index in [4.69, 9.17) is 10.5 Å². The minimum atomic E-state index is 0.0356. The topological polar surface area (TPSA) is 88.7 Å². The summed E-state index contributed by atoms with van der Waals surface area (Å²) < 4.78 is 5.67. The number of nitrogens with two attached hydrogens (primary N) is 1. The van der Waals surface area contributed by atoms with Gasteiger partial charge in [-0.25, -0.2) is 4.99 Å². The second-order valence-corrected chi connectivity index (χ2v) is 6.57. The van der Waals surface area contributed by atoms with Crippen molar-refractivity contribution in [2.45, 2.75) is 38.8 Å². The summed E-state index contributed by atoms with van der Waals surface area (Å²) in [7, 11) is 0. The van der Waals surface area contributed by atoms with Gasteiger partial charge in [0.05, 0.1) is 19.2 Å². The summed E-state index contributed by atoms with van der Waals surface area (Å²) in [4.78, 5) is 16.1. The molecule has 0 bridgehead atoms. The van der Waals surface area contributed by atoms with Crippen LogP contribution in [0.4, 0.5) is 5.69 Å². The normalized spacial score (nSPS) is 16.2. The van der Waals surface area contributed by atoms with Gasteiger partial charge in [-0.3, -0.25) is 4.79 Å². The van der Waals surface area contributed by atoms with Gasteiger partial charge in [0, 0.05) is 24.1 Å². The van der Waals surface area contributed by atoms with Crippen LogP contribution in [0.25, 0.3) is 0 Å². The monoisotopic (exact) mass is 366 g/mol. The van der Waals surface area contributed by atoms with E-state index in [2.05, 4.69) is 15.6 Å². The number of ether oxygens (including phenoxy) is 1. The number of carbonyl (C=O) groups is 1. The number of hydrogen-bond donors (Lipinski definition) is 3. The Kier molecular flexibility index (Phi) is 6.30. The molecule has 2 aromatic rings. The van der Waals surface area contributed by atoms with Gasteiger partial charge in [0.25, 0.3) is 0 Å². The Hall–Kier alpha value is -3.02. The molecule has 4 N–H and O–H groups in total. The van der Waals surface area contributed by atoms with Crippen molar-refractivity contribution < 1.29 is 9.53 Å². The third-order valence-electron chi connectivity index (χ3n) is 4.43. The van der Waals surface area contributed by atoms with Gasteiger partial charge >= 0.3 is 0 Å². The molecule has 0 saturated carbocycles. The average molecular weight is 366 g/mol. The van der Waals surface area contributed by atoms with Crippen LogP contribution in [0, 0.1) is 0 Å². The van der Waals surface area contributed by atoms with Gasteiger partial charge in [0.2, 0.25) is 5.91 Å². The van der Waals surface area contributed by atoms with Gasteiger partial charge in [0.1, 0.15) is 5.75 Å². The van der Waals surface area contributed by atoms with Crippen LogP contribution in [0.2, 0.25) is 0 Å². The lowest BCUT2D eigenvalue weighted by Gasteiger charge is -2.26. The van der Waals surface area contributed by atoms with Crippen LogP contribution in [0.3, 0.4) is 0 Å². The molecule has 0 spiro atoms. The number of aliphatic imine (C=N–C) groups is 1. The summed E-state index contributed by atoms with van der Waals surface area (Å²) in [5.74, 6) is 1.35. The van der Waals surface area contributed by atoms with Crippen LogP contribution in [0.1, 0.15) is 43.4 Å². The summed E-state index contributed by atoms with van der Waals surface area (Å²) in [6.45, 7) is 3.12. The molecule has 1 amide bonds. The molecule has 0 aromatic heterocycles. The van der Waals surface area contributed by atoms with E-state index < -0.39 is 0 Å². The van der Waals surface area contributed by atoms with E-state index in [1.807, 2.05) is 55.5 Å². The summed E-state index contributed by atoms with van der Waals surface area (Å²) in [6, 6.07) is 15.7. The van der Waals surface area contributed by atoms with E-state index in [0.29, 0.717) is 25.5 Å². The SMILES string of the molecule is CCCC(=O)Nc1ccc(CN=C(N)NC2CCOc3ccccc32)cc1. The molecule has 1 heterocycles. The predicted molar refractivity (Wildman–Crippen MR) is 108 cm³/mol. The quantitative estimate of drug-likeness (QED) is 0.540. The number of carbonyl (C=O) groups excluding carboxylic acids is 1. The zero-order chi connectivity index (χ0) is 19.1. The highest BCUT2D eigenvalue weighted by atomic mass is 16.5. The molecule has 1 aliphatic heterocycles. The van der Waals surface area contributed by atoms with Gasteiger partial charge in [0.15, 0.2) is 5.96 Å². The number of hydrogen-bond acceptors (Lipinski definition) is 3. The van der Waals surface area contributed by atoms with Crippen LogP contribution >= 0.6 is 0 Å². The lowest BCUT2D eigenvalue weighted by molar-refractivity contribution is -0.116. The largest absolute Gasteiger partial charge is 0.493 e. The fraction of sp³-hybridized carbons (Fsp3) is 0.333. The smallest absolute Gasteiger partial charge is 0.224 e. The summed E-state index contributed by atoms with van der Waals surface area (Å²) in [5.41, 5.74) is 9.01. The Morgan fingerprint density at radius 2 is 2.00 bits per heavy atom. The molecule has 1 aliphatic rings. The van der Waals surface area contributed by atoms with E-state index in [1.54, 1.807) is 0 Å². The van der Waals surface area contributed by atoms with E-state index in [0.717, 1.165) is 35.4 Å². The molecule has 0 saturated heterocycles. The highest BCUT2D eigenvalue weighted by Crippen LogP contribution is 2.31. The number of amides is 1. The lowest BCUT2D eigenvalue weighted by atomic mass is 10.0. The zero-order valence-electron chi connectivity index (χ0n) is 15.6. The molecule has 6 heteroatoms. The van der Waals surface area contributed by atoms with Crippen molar-refractivity contribution in [3.8, 4) is 5.75 Å². The highest BCUT2D eigenvalue weighted by molar-refractivity contribution is 5.90. The fourth-order valence-corrected chi connectivity index (χ4v) is 3.04. The molecule has 0 aliphatic carbocycles. The Morgan fingerprint density at radius 3 is 2.78 bits per heavy atom. The minimum Gasteiger partial charge on any atom is -0.493 e. The lowest BCUT2D eigenvalue weighted by Crippen LogP contribution is -2.37. The van der Waals surface area contributed by atoms with Crippen molar-refractivity contribution in [1.29, 1.82) is 0 Å². The number of anilines is 1. The van der Waals surface area contributed by atoms with Crippen molar-refractivity contribution >= 4 is 17.6 Å². The maximum absolute atomic E-state index is 11.6. The van der Waals surface area contributed by atoms with Crippen molar-refractivity contribution in [2.75, 3.05) is 11.9 Å². The molecular formula is C21H26N4O2. The molecule has 1 atom stereocenters. The maximum atomic E-state index is 11.6. The molecule has 27 heavy (non-hydrogen) atoms. The molecular weight excluding hydrogens is 340 g/mol. The van der Waals surface area contributed by atoms with E-state index >= 15 is 0 Å². The highest BCUT2D eigenvalue weighted by Gasteiger charge is 2.21. The van der Waals surface area contributed by atoms with Crippen LogP contribution in [0.15, 0.2) is 53.5 Å². The van der Waals surface area contributed by atoms with Gasteiger partial charge in [-0.2, -0.15) is 0 Å². The number of rotatable bonds is 6. The van der Waals surface area contributed by atoms with E-state index in [-0.39, 0.29) is 11.9 Å². The van der Waals surface area contributed by atoms with Crippen LogP contribution in [-0.2, 0) is 11.3 Å². The standard InChI is InChI=1S/C21H26N4O2/c1-2-5-20(26)24-16-10-8-15(9-11-16)14-23-21(22)25-18-12-13-27-19-7-4-3-6-17(18)19/h3-4,6-11,18H,2,5,12-14H2,1H3,(H,24,26)(H3,22,23,25). The number of nitrogens with one attached hydrogen (secondary N) is 2. The maximum Gasteiger partial charge on any atom is 0.224 e. The number of nitrogens with zero attached hydrogens (tertiary/aromatic N) is 1. The first-order valence-corrected chi connectivity index (χ1v) is 9.32. The summed E-state index contributed by atoms with van der Waals surface area (Å²) in [6.07, 6.45) is 2.21. The number of benzene rings is 2. The molecule has 0 radical (unpaired) electrons. The fourth-order valence-electron chi connectivity index (χ4n) is 3.04. The molecule has 6 nitrogen and oxygen atoms in total. The second-order valence-electron chi connectivity index (χ2n) is 6.57. The van der Waals surface area contributed by atoms with Gasteiger partial charge < -0.3 is 21.1 Å². The van der Waals surface area contributed by atoms with Gasteiger partial charge in [-0.15, -0.1) is 0 Å². The van der Waals surface area contributed by atoms with Crippen molar-refractivity contribution in [1.82, 2.24) is 5.32 Å². The van der Waals surface area contributed by atoms with Gasteiger partial charge in [-0.05, 0) is 30.2 Å². The Balaban J connectivity index is 1.56. The first kappa shape index (κ1) is 18.8. The third-order valence-corrected chi connectivity index (χ3v) is 4.43. The summed E-state index contributed by atoms with van der Waals surface area (Å²) >= 11 is 0. The van der Waals surface area contributed by atoms with Crippen LogP contribution in [0.5, 0.6) is 5.75 Å². The van der Waals surface area contributed by atoms with Crippen molar-refractivity contribution in [3.05, 3.63) is 59.7 Å². The molecule has 3 rings (SSSR count). The summed E-state index contributed by atoms with van der Waals surface area (Å²) in [5, 5.41) is 6.16. The number of guanidine groups is 1. The predicted octanol–water partition coefficient (Wildman–Crippen LogP) is 3.35. The van der Waals surface area contributed by atoms with Crippen molar-refractivity contribution in [3.63, 3.8) is 0 Å². The molecule has 2 aromatic carbocycles. The van der Waals surface area contributed by atoms with E-state index in [9.17, 15) is 4.79 Å².